The fourth-order valence-electron chi connectivity index (χ4n) is 2.99. The molecule has 0 atom stereocenters. The zero-order valence-electron chi connectivity index (χ0n) is 16.2. The first-order valence-electron chi connectivity index (χ1n) is 9.22. The second-order valence-electron chi connectivity index (χ2n) is 6.34. The van der Waals surface area contributed by atoms with Crippen LogP contribution in [0.2, 0.25) is 0 Å². The molecule has 2 aromatic heterocycles. The molecule has 1 amide bonds. The lowest BCUT2D eigenvalue weighted by Gasteiger charge is -2.10. The van der Waals surface area contributed by atoms with Crippen LogP contribution in [0.5, 0.6) is 0 Å². The summed E-state index contributed by atoms with van der Waals surface area (Å²) in [5.41, 5.74) is 3.01. The minimum Gasteiger partial charge on any atom is -0.325 e. The van der Waals surface area contributed by atoms with E-state index in [-0.39, 0.29) is 17.5 Å². The van der Waals surface area contributed by atoms with Crippen LogP contribution in [0.4, 0.5) is 10.1 Å². The van der Waals surface area contributed by atoms with E-state index in [0.29, 0.717) is 5.69 Å². The Labute approximate surface area is 172 Å². The van der Waals surface area contributed by atoms with Crippen molar-refractivity contribution in [1.29, 1.82) is 0 Å². The Bertz CT molecular complexity index is 950. The van der Waals surface area contributed by atoms with Gasteiger partial charge in [-0.3, -0.25) is 4.79 Å². The predicted molar refractivity (Wildman–Crippen MR) is 113 cm³/mol. The summed E-state index contributed by atoms with van der Waals surface area (Å²) in [6.07, 6.45) is 1.90. The van der Waals surface area contributed by atoms with Gasteiger partial charge in [-0.05, 0) is 49.6 Å². The summed E-state index contributed by atoms with van der Waals surface area (Å²) >= 11 is 3.09. The highest BCUT2D eigenvalue weighted by Gasteiger charge is 2.19. The SMILES string of the molecule is CCCn1c(SCC(=O)Nc2ccc(F)cc2)nnc1-c1csc(C)c1CC. The predicted octanol–water partition coefficient (Wildman–Crippen LogP) is 5.16. The van der Waals surface area contributed by atoms with Gasteiger partial charge in [0, 0.05) is 28.1 Å². The highest BCUT2D eigenvalue weighted by Crippen LogP contribution is 2.32. The molecule has 148 valence electrons. The molecule has 0 spiro atoms. The molecule has 3 aromatic rings. The van der Waals surface area contributed by atoms with Crippen molar-refractivity contribution in [3.8, 4) is 11.4 Å². The van der Waals surface area contributed by atoms with Gasteiger partial charge in [0.05, 0.1) is 5.75 Å². The Hall–Kier alpha value is -2.19. The number of anilines is 1. The van der Waals surface area contributed by atoms with Crippen molar-refractivity contribution in [2.45, 2.75) is 45.3 Å². The van der Waals surface area contributed by atoms with Gasteiger partial charge < -0.3 is 9.88 Å². The number of aryl methyl sites for hydroxylation is 1. The number of hydrogen-bond acceptors (Lipinski definition) is 5. The topological polar surface area (TPSA) is 59.8 Å². The van der Waals surface area contributed by atoms with Crippen LogP contribution in [0.1, 0.15) is 30.7 Å². The first-order chi connectivity index (χ1) is 13.5. The van der Waals surface area contributed by atoms with E-state index in [2.05, 4.69) is 46.2 Å². The van der Waals surface area contributed by atoms with Gasteiger partial charge in [-0.2, -0.15) is 0 Å². The summed E-state index contributed by atoms with van der Waals surface area (Å²) in [4.78, 5) is 13.5. The molecule has 0 radical (unpaired) electrons. The van der Waals surface area contributed by atoms with Crippen LogP contribution in [0.25, 0.3) is 11.4 Å². The molecule has 0 aliphatic rings. The molecule has 0 fully saturated rings. The number of halogens is 1. The number of hydrogen-bond donors (Lipinski definition) is 1. The normalized spacial score (nSPS) is 11.0. The van der Waals surface area contributed by atoms with Gasteiger partial charge in [-0.25, -0.2) is 4.39 Å². The van der Waals surface area contributed by atoms with Crippen LogP contribution in [-0.4, -0.2) is 26.4 Å². The Morgan fingerprint density at radius 2 is 2.00 bits per heavy atom. The van der Waals surface area contributed by atoms with Crippen molar-refractivity contribution in [1.82, 2.24) is 14.8 Å². The second kappa shape index (κ2) is 9.34. The molecule has 0 unspecified atom stereocenters. The van der Waals surface area contributed by atoms with Crippen LogP contribution in [0.15, 0.2) is 34.8 Å². The maximum absolute atomic E-state index is 13.0. The monoisotopic (exact) mass is 418 g/mol. The summed E-state index contributed by atoms with van der Waals surface area (Å²) < 4.78 is 15.1. The van der Waals surface area contributed by atoms with Gasteiger partial charge in [-0.1, -0.05) is 25.6 Å². The number of carbonyl (C=O) groups excluding carboxylic acids is 1. The van der Waals surface area contributed by atoms with Crippen molar-refractivity contribution in [2.24, 2.45) is 0 Å². The van der Waals surface area contributed by atoms with E-state index < -0.39 is 0 Å². The highest BCUT2D eigenvalue weighted by atomic mass is 32.2. The average Bonchev–Trinajstić information content (AvgIpc) is 3.25. The van der Waals surface area contributed by atoms with Crippen LogP contribution in [0.3, 0.4) is 0 Å². The van der Waals surface area contributed by atoms with Crippen molar-refractivity contribution >= 4 is 34.7 Å². The summed E-state index contributed by atoms with van der Waals surface area (Å²) in [5.74, 6) is 0.583. The van der Waals surface area contributed by atoms with Gasteiger partial charge in [0.1, 0.15) is 5.82 Å². The second-order valence-corrected chi connectivity index (χ2v) is 8.37. The van der Waals surface area contributed by atoms with E-state index in [1.807, 2.05) is 0 Å². The quantitative estimate of drug-likeness (QED) is 0.514. The number of amides is 1. The van der Waals surface area contributed by atoms with Crippen LogP contribution in [0, 0.1) is 12.7 Å². The molecule has 0 aliphatic carbocycles. The maximum Gasteiger partial charge on any atom is 0.234 e. The summed E-state index contributed by atoms with van der Waals surface area (Å²) in [7, 11) is 0. The Kier molecular flexibility index (Phi) is 6.85. The van der Waals surface area contributed by atoms with E-state index >= 15 is 0 Å². The molecule has 3 rings (SSSR count). The van der Waals surface area contributed by atoms with Gasteiger partial charge in [0.25, 0.3) is 0 Å². The number of nitrogens with one attached hydrogen (secondary N) is 1. The van der Waals surface area contributed by atoms with Gasteiger partial charge in [0.2, 0.25) is 5.91 Å². The molecule has 8 heteroatoms. The Morgan fingerprint density at radius 3 is 2.68 bits per heavy atom. The molecule has 2 heterocycles. The zero-order valence-corrected chi connectivity index (χ0v) is 17.8. The maximum atomic E-state index is 13.0. The summed E-state index contributed by atoms with van der Waals surface area (Å²) in [5, 5.41) is 14.4. The van der Waals surface area contributed by atoms with Crippen molar-refractivity contribution in [2.75, 3.05) is 11.1 Å². The smallest absolute Gasteiger partial charge is 0.234 e. The zero-order chi connectivity index (χ0) is 20.1. The highest BCUT2D eigenvalue weighted by molar-refractivity contribution is 7.99. The lowest BCUT2D eigenvalue weighted by atomic mass is 10.1. The third-order valence-corrected chi connectivity index (χ3v) is 6.24. The van der Waals surface area contributed by atoms with Crippen molar-refractivity contribution in [3.63, 3.8) is 0 Å². The van der Waals surface area contributed by atoms with E-state index in [9.17, 15) is 9.18 Å². The average molecular weight is 419 g/mol. The lowest BCUT2D eigenvalue weighted by molar-refractivity contribution is -0.113. The first kappa shape index (κ1) is 20.5. The summed E-state index contributed by atoms with van der Waals surface area (Å²) in [6, 6.07) is 5.73. The van der Waals surface area contributed by atoms with Gasteiger partial charge in [-0.15, -0.1) is 21.5 Å². The molecule has 0 saturated carbocycles. The van der Waals surface area contributed by atoms with Crippen LogP contribution < -0.4 is 5.32 Å². The molecule has 0 saturated heterocycles. The molecule has 28 heavy (non-hydrogen) atoms. The van der Waals surface area contributed by atoms with Crippen LogP contribution >= 0.6 is 23.1 Å². The number of thiophene rings is 1. The Morgan fingerprint density at radius 1 is 1.25 bits per heavy atom. The largest absolute Gasteiger partial charge is 0.325 e. The van der Waals surface area contributed by atoms with E-state index in [1.165, 1.54) is 34.3 Å². The third-order valence-electron chi connectivity index (χ3n) is 4.32. The number of rotatable bonds is 8. The number of thioether (sulfide) groups is 1. The fraction of sp³-hybridized carbons (Fsp3) is 0.350. The Balaban J connectivity index is 1.74. The molecule has 5 nitrogen and oxygen atoms in total. The minimum atomic E-state index is -0.331. The first-order valence-corrected chi connectivity index (χ1v) is 11.1. The fourth-order valence-corrected chi connectivity index (χ4v) is 4.69. The van der Waals surface area contributed by atoms with E-state index in [0.717, 1.165) is 35.9 Å². The minimum absolute atomic E-state index is 0.162. The molecule has 1 aromatic carbocycles. The van der Waals surface area contributed by atoms with Gasteiger partial charge in [0.15, 0.2) is 11.0 Å². The van der Waals surface area contributed by atoms with Crippen LogP contribution in [-0.2, 0) is 17.8 Å². The third kappa shape index (κ3) is 4.62. The van der Waals surface area contributed by atoms with E-state index in [1.54, 1.807) is 23.5 Å². The number of aromatic nitrogens is 3. The van der Waals surface area contributed by atoms with Crippen molar-refractivity contribution < 1.29 is 9.18 Å². The molecule has 1 N–H and O–H groups in total. The van der Waals surface area contributed by atoms with Gasteiger partial charge >= 0.3 is 0 Å². The molecular weight excluding hydrogens is 395 g/mol. The molecule has 0 bridgehead atoms. The van der Waals surface area contributed by atoms with E-state index in [4.69, 9.17) is 0 Å². The standard InChI is InChI=1S/C20H23FN4OS2/c1-4-10-25-19(17-11-27-13(3)16(17)5-2)23-24-20(25)28-12-18(26)22-15-8-6-14(21)7-9-15/h6-9,11H,4-5,10,12H2,1-3H3,(H,22,26). The molecule has 0 aliphatic heterocycles. The number of carbonyl (C=O) groups is 1. The molecular formula is C20H23FN4OS2. The number of nitrogens with zero attached hydrogens (tertiary/aromatic N) is 3. The summed E-state index contributed by atoms with van der Waals surface area (Å²) in [6.45, 7) is 7.18. The lowest BCUT2D eigenvalue weighted by Crippen LogP contribution is -2.14. The van der Waals surface area contributed by atoms with Crippen molar-refractivity contribution in [3.05, 3.63) is 45.9 Å². The number of benzene rings is 1.